The second-order valence-electron chi connectivity index (χ2n) is 9.88. The minimum absolute atomic E-state index is 0. The van der Waals surface area contributed by atoms with E-state index in [1.807, 2.05) is 78.9 Å². The van der Waals surface area contributed by atoms with Gasteiger partial charge in [0.05, 0.1) is 16.9 Å². The predicted molar refractivity (Wildman–Crippen MR) is 175 cm³/mol. The molecule has 0 spiro atoms. The van der Waals surface area contributed by atoms with E-state index >= 15 is 0 Å². The Morgan fingerprint density at radius 2 is 1.45 bits per heavy atom. The number of halogens is 1. The van der Waals surface area contributed by atoms with Gasteiger partial charge in [0.1, 0.15) is 5.82 Å². The molecule has 6 heteroatoms. The third-order valence-corrected chi connectivity index (χ3v) is 8.02. The van der Waals surface area contributed by atoms with Gasteiger partial charge < -0.3 is 9.55 Å². The standard InChI is InChI=1S/C27H16FN2S.C11H8N.Ir/c28-20-12-15-26-22(16-20)23(17-31-26)27-29-24-8-4-5-9-25(24)30(27)21-13-10-19(11-14-21)18-6-2-1-3-7-18;1-2-6-10(7-3-1)11-8-4-5-9-12-11;/h1-16H;1-6,8-9H;/q2*-1;. The predicted octanol–water partition coefficient (Wildman–Crippen LogP) is 10.1. The maximum absolute atomic E-state index is 14.0. The summed E-state index contributed by atoms with van der Waals surface area (Å²) in [6.07, 6.45) is 1.79. The van der Waals surface area contributed by atoms with Crippen molar-refractivity contribution >= 4 is 32.5 Å². The van der Waals surface area contributed by atoms with Crippen LogP contribution in [0.2, 0.25) is 0 Å². The number of fused-ring (bicyclic) bond motifs is 2. The van der Waals surface area contributed by atoms with Crippen LogP contribution in [0.4, 0.5) is 4.39 Å². The number of imidazole rings is 1. The number of benzene rings is 5. The minimum atomic E-state index is -0.254. The van der Waals surface area contributed by atoms with Crippen LogP contribution in [0, 0.1) is 17.3 Å². The van der Waals surface area contributed by atoms with Gasteiger partial charge in [0.15, 0.2) is 0 Å². The zero-order valence-corrected chi connectivity index (χ0v) is 26.5. The first kappa shape index (κ1) is 29.3. The Hall–Kier alpha value is -4.74. The first-order valence-corrected chi connectivity index (χ1v) is 14.7. The van der Waals surface area contributed by atoms with Gasteiger partial charge in [-0.2, -0.15) is 0 Å². The number of para-hydroxylation sites is 2. The van der Waals surface area contributed by atoms with Crippen molar-refractivity contribution in [2.75, 3.05) is 0 Å². The third kappa shape index (κ3) is 6.01. The smallest absolute Gasteiger partial charge is 0.113 e. The van der Waals surface area contributed by atoms with Gasteiger partial charge >= 0.3 is 0 Å². The van der Waals surface area contributed by atoms with Crippen molar-refractivity contribution in [2.45, 2.75) is 0 Å². The number of hydrogen-bond acceptors (Lipinski definition) is 3. The molecule has 0 fully saturated rings. The molecule has 1 radical (unpaired) electrons. The van der Waals surface area contributed by atoms with Crippen LogP contribution in [0.3, 0.4) is 0 Å². The van der Waals surface area contributed by atoms with Crippen molar-refractivity contribution in [3.8, 4) is 39.5 Å². The first-order valence-electron chi connectivity index (χ1n) is 13.9. The van der Waals surface area contributed by atoms with Crippen LogP contribution < -0.4 is 0 Å². The summed E-state index contributed by atoms with van der Waals surface area (Å²) in [5.74, 6) is 0.515. The molecule has 0 amide bonds. The van der Waals surface area contributed by atoms with E-state index in [2.05, 4.69) is 63.5 Å². The van der Waals surface area contributed by atoms with Crippen LogP contribution in [0.25, 0.3) is 60.6 Å². The third-order valence-electron chi connectivity index (χ3n) is 7.14. The van der Waals surface area contributed by atoms with Crippen molar-refractivity contribution in [1.82, 2.24) is 14.5 Å². The average molecular weight is 766 g/mol. The molecule has 44 heavy (non-hydrogen) atoms. The molecule has 0 saturated carbocycles. The van der Waals surface area contributed by atoms with Crippen LogP contribution in [0.15, 0.2) is 146 Å². The van der Waals surface area contributed by atoms with Crippen molar-refractivity contribution < 1.29 is 24.5 Å². The topological polar surface area (TPSA) is 30.7 Å². The number of rotatable bonds is 4. The maximum atomic E-state index is 14.0. The Labute approximate surface area is 272 Å². The fraction of sp³-hybridized carbons (Fsp3) is 0. The fourth-order valence-electron chi connectivity index (χ4n) is 5.08. The molecule has 3 heterocycles. The summed E-state index contributed by atoms with van der Waals surface area (Å²) in [4.78, 5) is 9.13. The normalized spacial score (nSPS) is 10.7. The van der Waals surface area contributed by atoms with Crippen LogP contribution >= 0.6 is 11.3 Å². The van der Waals surface area contributed by atoms with Crippen molar-refractivity contribution in [3.05, 3.63) is 163 Å². The van der Waals surface area contributed by atoms with Gasteiger partial charge in [-0.25, -0.2) is 4.39 Å². The molecule has 0 N–H and O–H groups in total. The zero-order chi connectivity index (χ0) is 29.0. The molecule has 0 aliphatic rings. The summed E-state index contributed by atoms with van der Waals surface area (Å²) in [5, 5.41) is 4.19. The van der Waals surface area contributed by atoms with Crippen LogP contribution in [-0.4, -0.2) is 14.5 Å². The summed E-state index contributed by atoms with van der Waals surface area (Å²) in [5.41, 5.74) is 8.08. The van der Waals surface area contributed by atoms with Gasteiger partial charge in [-0.05, 0) is 53.2 Å². The maximum Gasteiger partial charge on any atom is 0.113 e. The van der Waals surface area contributed by atoms with E-state index in [0.29, 0.717) is 0 Å². The minimum Gasteiger partial charge on any atom is -0.333 e. The Morgan fingerprint density at radius 3 is 2.23 bits per heavy atom. The van der Waals surface area contributed by atoms with Crippen LogP contribution in [0.5, 0.6) is 0 Å². The van der Waals surface area contributed by atoms with E-state index in [0.717, 1.165) is 55.0 Å². The number of aromatic nitrogens is 3. The van der Waals surface area contributed by atoms with Crippen LogP contribution in [-0.2, 0) is 20.1 Å². The van der Waals surface area contributed by atoms with Crippen LogP contribution in [0.1, 0.15) is 0 Å². The monoisotopic (exact) mass is 766 g/mol. The number of thiophene rings is 1. The molecular formula is C38H24FIrN3S-2. The molecule has 0 bridgehead atoms. The molecule has 215 valence electrons. The number of hydrogen-bond donors (Lipinski definition) is 0. The SMILES string of the molecule is Fc1ccc2s[c-]c(-c3nc4ccccc4n3-c3ccc(-c4ccccc4)cc3)c2c1.[Ir].[c-]1ccccc1-c1ccccn1. The van der Waals surface area contributed by atoms with Crippen molar-refractivity contribution in [1.29, 1.82) is 0 Å². The Bertz CT molecular complexity index is 2090. The number of pyridine rings is 1. The quantitative estimate of drug-likeness (QED) is 0.167. The molecule has 8 rings (SSSR count). The largest absolute Gasteiger partial charge is 0.333 e. The van der Waals surface area contributed by atoms with Gasteiger partial charge in [0, 0.05) is 32.0 Å². The number of nitrogens with zero attached hydrogens (tertiary/aromatic N) is 3. The molecule has 5 aromatic carbocycles. The molecular weight excluding hydrogens is 742 g/mol. The second kappa shape index (κ2) is 13.3. The Balaban J connectivity index is 0.000000222. The molecule has 0 saturated heterocycles. The van der Waals surface area contributed by atoms with Gasteiger partial charge in [-0.1, -0.05) is 94.5 Å². The van der Waals surface area contributed by atoms with Crippen molar-refractivity contribution in [3.63, 3.8) is 0 Å². The van der Waals surface area contributed by atoms with Gasteiger partial charge in [-0.15, -0.1) is 41.3 Å². The van der Waals surface area contributed by atoms with E-state index in [4.69, 9.17) is 4.98 Å². The Morgan fingerprint density at radius 1 is 0.705 bits per heavy atom. The Kier molecular flexibility index (Phi) is 8.85. The summed E-state index contributed by atoms with van der Waals surface area (Å²) in [6, 6.07) is 48.5. The van der Waals surface area contributed by atoms with Gasteiger partial charge in [0.2, 0.25) is 0 Å². The molecule has 3 aromatic heterocycles. The molecule has 3 nitrogen and oxygen atoms in total. The van der Waals surface area contributed by atoms with Gasteiger partial charge in [-0.3, -0.25) is 16.3 Å². The summed E-state index contributed by atoms with van der Waals surface area (Å²) in [7, 11) is 0. The molecule has 0 unspecified atom stereocenters. The van der Waals surface area contributed by atoms with Gasteiger partial charge in [0.25, 0.3) is 0 Å². The van der Waals surface area contributed by atoms with E-state index in [9.17, 15) is 4.39 Å². The first-order chi connectivity index (χ1) is 21.2. The van der Waals surface area contributed by atoms with E-state index in [1.54, 1.807) is 18.3 Å². The second-order valence-corrected chi connectivity index (χ2v) is 10.7. The molecule has 0 aliphatic carbocycles. The van der Waals surface area contributed by atoms with Crippen molar-refractivity contribution in [2.24, 2.45) is 0 Å². The molecule has 8 aromatic rings. The molecule has 0 atom stereocenters. The summed E-state index contributed by atoms with van der Waals surface area (Å²) >= 11 is 1.49. The van der Waals surface area contributed by atoms with E-state index in [1.165, 1.54) is 23.0 Å². The average Bonchev–Trinajstić information content (AvgIpc) is 3.67. The molecule has 0 aliphatic heterocycles. The zero-order valence-electron chi connectivity index (χ0n) is 23.3. The fourth-order valence-corrected chi connectivity index (χ4v) is 5.90. The van der Waals surface area contributed by atoms with E-state index < -0.39 is 0 Å². The summed E-state index contributed by atoms with van der Waals surface area (Å²) < 4.78 is 17.1. The summed E-state index contributed by atoms with van der Waals surface area (Å²) in [6.45, 7) is 0. The van der Waals surface area contributed by atoms with E-state index in [-0.39, 0.29) is 25.9 Å².